The second-order valence-electron chi connectivity index (χ2n) is 2.38. The lowest BCUT2D eigenvalue weighted by Crippen LogP contribution is -1.71. The van der Waals surface area contributed by atoms with Crippen LogP contribution >= 0.6 is 0 Å². The van der Waals surface area contributed by atoms with Crippen molar-refractivity contribution < 1.29 is 0 Å². The predicted octanol–water partition coefficient (Wildman–Crippen LogP) is 2.72. The summed E-state index contributed by atoms with van der Waals surface area (Å²) in [6.45, 7) is 1.92. The van der Waals surface area contributed by atoms with E-state index in [1.165, 1.54) is 0 Å². The van der Waals surface area contributed by atoms with Crippen LogP contribution < -0.4 is 0 Å². The second kappa shape index (κ2) is 3.63. The Labute approximate surface area is 67.6 Å². The highest BCUT2D eigenvalue weighted by Gasteiger charge is 1.84. The third kappa shape index (κ3) is 2.31. The molecule has 54 valence electrons. The highest BCUT2D eigenvalue weighted by Crippen LogP contribution is 2.04. The molecule has 0 aliphatic rings. The lowest BCUT2D eigenvalue weighted by atomic mass is 10.1. The lowest BCUT2D eigenvalue weighted by Gasteiger charge is -1.91. The van der Waals surface area contributed by atoms with Gasteiger partial charge in [0.2, 0.25) is 0 Å². The smallest absolute Gasteiger partial charge is 0.000752 e. The fourth-order valence-electron chi connectivity index (χ4n) is 0.841. The van der Waals surface area contributed by atoms with Crippen LogP contribution in [0.4, 0.5) is 0 Å². The lowest BCUT2D eigenvalue weighted by molar-refractivity contribution is 1.59. The average Bonchev–Trinajstić information content (AvgIpc) is 2.06. The number of benzene rings is 1. The molecule has 0 unspecified atom stereocenters. The average molecular weight is 142 g/mol. The van der Waals surface area contributed by atoms with Gasteiger partial charge >= 0.3 is 0 Å². The standard InChI is InChI=1S/C11H10/c1-3-10(2)9-11-7-5-4-6-8-11/h1,4-9H,2H3/b10-9+. The summed E-state index contributed by atoms with van der Waals surface area (Å²) in [4.78, 5) is 0. The highest BCUT2D eigenvalue weighted by atomic mass is 13.9. The molecule has 0 fully saturated rings. The van der Waals surface area contributed by atoms with Crippen molar-refractivity contribution in [2.45, 2.75) is 6.92 Å². The van der Waals surface area contributed by atoms with E-state index < -0.39 is 0 Å². The maximum absolute atomic E-state index is 5.20. The summed E-state index contributed by atoms with van der Waals surface area (Å²) >= 11 is 0. The monoisotopic (exact) mass is 142 g/mol. The largest absolute Gasteiger partial charge is 0.115 e. The van der Waals surface area contributed by atoms with Crippen LogP contribution in [-0.2, 0) is 0 Å². The molecule has 0 aliphatic carbocycles. The number of terminal acetylenes is 1. The molecule has 0 aromatic heterocycles. The van der Waals surface area contributed by atoms with Crippen molar-refractivity contribution in [2.24, 2.45) is 0 Å². The molecule has 1 aromatic rings. The van der Waals surface area contributed by atoms with E-state index in [1.54, 1.807) is 0 Å². The van der Waals surface area contributed by atoms with Gasteiger partial charge in [-0.15, -0.1) is 6.42 Å². The summed E-state index contributed by atoms with van der Waals surface area (Å²) in [5.41, 5.74) is 2.11. The van der Waals surface area contributed by atoms with Crippen molar-refractivity contribution in [3.8, 4) is 12.3 Å². The van der Waals surface area contributed by atoms with Gasteiger partial charge in [-0.05, 0) is 24.1 Å². The zero-order valence-electron chi connectivity index (χ0n) is 6.54. The fourth-order valence-corrected chi connectivity index (χ4v) is 0.841. The molecule has 0 spiro atoms. The summed E-state index contributed by atoms with van der Waals surface area (Å²) in [5, 5.41) is 0. The van der Waals surface area contributed by atoms with E-state index in [1.807, 2.05) is 43.3 Å². The molecule has 0 N–H and O–H groups in total. The molecular formula is C11H10. The molecule has 0 heteroatoms. The molecule has 0 saturated heterocycles. The van der Waals surface area contributed by atoms with Crippen LogP contribution in [0.25, 0.3) is 6.08 Å². The van der Waals surface area contributed by atoms with Crippen LogP contribution in [0.15, 0.2) is 35.9 Å². The van der Waals surface area contributed by atoms with E-state index >= 15 is 0 Å². The van der Waals surface area contributed by atoms with E-state index in [0.717, 1.165) is 11.1 Å². The van der Waals surface area contributed by atoms with Gasteiger partial charge in [0.1, 0.15) is 0 Å². The first kappa shape index (κ1) is 7.63. The third-order valence-corrected chi connectivity index (χ3v) is 1.41. The zero-order chi connectivity index (χ0) is 8.10. The van der Waals surface area contributed by atoms with E-state index in [0.29, 0.717) is 0 Å². The topological polar surface area (TPSA) is 0 Å². The first-order valence-electron chi connectivity index (χ1n) is 3.53. The first-order valence-corrected chi connectivity index (χ1v) is 3.53. The molecule has 1 rings (SSSR count). The van der Waals surface area contributed by atoms with Gasteiger partial charge in [0, 0.05) is 0 Å². The normalized spacial score (nSPS) is 10.7. The zero-order valence-corrected chi connectivity index (χ0v) is 6.54. The first-order chi connectivity index (χ1) is 5.33. The molecule has 0 bridgehead atoms. The molecule has 11 heavy (non-hydrogen) atoms. The van der Waals surface area contributed by atoms with Crippen LogP contribution in [-0.4, -0.2) is 0 Å². The number of hydrogen-bond donors (Lipinski definition) is 0. The summed E-state index contributed by atoms with van der Waals surface area (Å²) in [6.07, 6.45) is 7.19. The molecule has 0 heterocycles. The minimum absolute atomic E-state index is 0.955. The van der Waals surface area contributed by atoms with Crippen molar-refractivity contribution in [1.82, 2.24) is 0 Å². The van der Waals surface area contributed by atoms with Crippen molar-refractivity contribution in [3.63, 3.8) is 0 Å². The van der Waals surface area contributed by atoms with Gasteiger partial charge in [-0.3, -0.25) is 0 Å². The Hall–Kier alpha value is -1.48. The Balaban J connectivity index is 2.90. The van der Waals surface area contributed by atoms with Crippen LogP contribution in [0.1, 0.15) is 12.5 Å². The number of rotatable bonds is 1. The number of hydrogen-bond acceptors (Lipinski definition) is 0. The Morgan fingerprint density at radius 2 is 2.00 bits per heavy atom. The van der Waals surface area contributed by atoms with Crippen molar-refractivity contribution in [1.29, 1.82) is 0 Å². The number of allylic oxidation sites excluding steroid dienone is 1. The van der Waals surface area contributed by atoms with Gasteiger partial charge in [0.15, 0.2) is 0 Å². The van der Waals surface area contributed by atoms with E-state index in [9.17, 15) is 0 Å². The van der Waals surface area contributed by atoms with Crippen LogP contribution in [0, 0.1) is 12.3 Å². The highest BCUT2D eigenvalue weighted by molar-refractivity contribution is 5.56. The van der Waals surface area contributed by atoms with Gasteiger partial charge in [0.05, 0.1) is 0 Å². The molecule has 0 aliphatic heterocycles. The predicted molar refractivity (Wildman–Crippen MR) is 48.9 cm³/mol. The van der Waals surface area contributed by atoms with Crippen LogP contribution in [0.5, 0.6) is 0 Å². The maximum atomic E-state index is 5.20. The van der Waals surface area contributed by atoms with Gasteiger partial charge in [-0.2, -0.15) is 0 Å². The molecule has 0 nitrogen and oxygen atoms in total. The quantitative estimate of drug-likeness (QED) is 0.529. The van der Waals surface area contributed by atoms with E-state index in [2.05, 4.69) is 5.92 Å². The maximum Gasteiger partial charge on any atom is -0.000752 e. The fraction of sp³-hybridized carbons (Fsp3) is 0.0909. The molecule has 0 amide bonds. The molecule has 0 atom stereocenters. The second-order valence-corrected chi connectivity index (χ2v) is 2.38. The van der Waals surface area contributed by atoms with Gasteiger partial charge < -0.3 is 0 Å². The Bertz CT molecular complexity index is 286. The SMILES string of the molecule is C#C/C(C)=C/c1ccccc1. The molecule has 1 aromatic carbocycles. The summed E-state index contributed by atoms with van der Waals surface area (Å²) in [5.74, 6) is 2.57. The summed E-state index contributed by atoms with van der Waals surface area (Å²) in [7, 11) is 0. The molecule has 0 radical (unpaired) electrons. The van der Waals surface area contributed by atoms with Gasteiger partial charge in [0.25, 0.3) is 0 Å². The molecule has 0 saturated carbocycles. The Morgan fingerprint density at radius 1 is 1.36 bits per heavy atom. The van der Waals surface area contributed by atoms with Crippen molar-refractivity contribution >= 4 is 6.08 Å². The third-order valence-electron chi connectivity index (χ3n) is 1.41. The van der Waals surface area contributed by atoms with Gasteiger partial charge in [-0.25, -0.2) is 0 Å². The van der Waals surface area contributed by atoms with Gasteiger partial charge in [-0.1, -0.05) is 36.3 Å². The Morgan fingerprint density at radius 3 is 2.55 bits per heavy atom. The molecular weight excluding hydrogens is 132 g/mol. The van der Waals surface area contributed by atoms with Crippen molar-refractivity contribution in [3.05, 3.63) is 41.5 Å². The summed E-state index contributed by atoms with van der Waals surface area (Å²) < 4.78 is 0. The van der Waals surface area contributed by atoms with Crippen LogP contribution in [0.3, 0.4) is 0 Å². The van der Waals surface area contributed by atoms with E-state index in [4.69, 9.17) is 6.42 Å². The summed E-state index contributed by atoms with van der Waals surface area (Å²) in [6, 6.07) is 10.0. The van der Waals surface area contributed by atoms with E-state index in [-0.39, 0.29) is 0 Å². The minimum atomic E-state index is 0.955. The van der Waals surface area contributed by atoms with Crippen LogP contribution in [0.2, 0.25) is 0 Å². The van der Waals surface area contributed by atoms with Crippen molar-refractivity contribution in [2.75, 3.05) is 0 Å². The minimum Gasteiger partial charge on any atom is -0.115 e. The Kier molecular flexibility index (Phi) is 2.52.